The van der Waals surface area contributed by atoms with Gasteiger partial charge in [-0.3, -0.25) is 9.69 Å². The first-order valence-corrected chi connectivity index (χ1v) is 11.7. The first kappa shape index (κ1) is 23.7. The largest absolute Gasteiger partial charge is 0.488 e. The molecule has 1 aliphatic heterocycles. The summed E-state index contributed by atoms with van der Waals surface area (Å²) in [5, 5.41) is 9.61. The average molecular weight is 541 g/mol. The van der Waals surface area contributed by atoms with E-state index in [1.54, 1.807) is 55.6 Å². The highest BCUT2D eigenvalue weighted by atomic mass is 79.9. The minimum absolute atomic E-state index is 0.0398. The highest BCUT2D eigenvalue weighted by Gasteiger charge is 2.30. The van der Waals surface area contributed by atoms with Crippen molar-refractivity contribution in [3.8, 4) is 5.75 Å². The van der Waals surface area contributed by atoms with Gasteiger partial charge in [0.2, 0.25) is 0 Å². The normalized spacial score (nSPS) is 15.9. The number of ether oxygens (including phenoxy) is 1. The highest BCUT2D eigenvalue weighted by Crippen LogP contribution is 2.35. The maximum absolute atomic E-state index is 14.0. The van der Waals surface area contributed by atoms with Crippen LogP contribution in [-0.2, 0) is 11.4 Å². The molecular formula is C25H18BrFN2O4S. The molecule has 1 amide bonds. The molecule has 0 unspecified atom stereocenters. The third kappa shape index (κ3) is 5.37. The zero-order valence-electron chi connectivity index (χ0n) is 17.9. The van der Waals surface area contributed by atoms with Crippen molar-refractivity contribution < 1.29 is 23.8 Å². The van der Waals surface area contributed by atoms with Crippen LogP contribution in [0.4, 0.5) is 10.1 Å². The van der Waals surface area contributed by atoms with Crippen molar-refractivity contribution in [2.24, 2.45) is 4.99 Å². The van der Waals surface area contributed by atoms with Gasteiger partial charge in [-0.1, -0.05) is 40.2 Å². The lowest BCUT2D eigenvalue weighted by Crippen LogP contribution is -2.23. The Balaban J connectivity index is 1.61. The Morgan fingerprint density at radius 3 is 2.74 bits per heavy atom. The Morgan fingerprint density at radius 1 is 1.18 bits per heavy atom. The van der Waals surface area contributed by atoms with E-state index in [1.165, 1.54) is 34.9 Å². The van der Waals surface area contributed by atoms with Gasteiger partial charge in [-0.25, -0.2) is 14.2 Å². The standard InChI is InChI=1S/C25H18BrFN2O4S/c1-29-23(30)22(34-25(29)28-19-7-4-6-15(12-19)24(31)32)13-17-11-18(26)9-10-21(17)33-14-16-5-2-3-8-20(16)27/h2-13H,14H2,1H3,(H,31,32)/b22-13-,28-25?. The summed E-state index contributed by atoms with van der Waals surface area (Å²) in [5.74, 6) is -1.16. The molecular weight excluding hydrogens is 523 g/mol. The van der Waals surface area contributed by atoms with Crippen molar-refractivity contribution >= 4 is 56.5 Å². The fourth-order valence-electron chi connectivity index (χ4n) is 3.15. The number of thioether (sulfide) groups is 1. The Bertz CT molecular complexity index is 1340. The van der Waals surface area contributed by atoms with E-state index in [2.05, 4.69) is 20.9 Å². The predicted octanol–water partition coefficient (Wildman–Crippen LogP) is 6.10. The number of likely N-dealkylation sites (N-methyl/N-ethyl adjacent to an activating group) is 1. The number of carboxylic acid groups (broad SMARTS) is 1. The third-order valence-electron chi connectivity index (χ3n) is 4.92. The Morgan fingerprint density at radius 2 is 1.97 bits per heavy atom. The zero-order valence-corrected chi connectivity index (χ0v) is 20.3. The van der Waals surface area contributed by atoms with Crippen molar-refractivity contribution in [2.75, 3.05) is 7.05 Å². The molecule has 0 spiro atoms. The van der Waals surface area contributed by atoms with Gasteiger partial charge in [-0.15, -0.1) is 0 Å². The number of rotatable bonds is 6. The molecule has 0 atom stereocenters. The van der Waals surface area contributed by atoms with Crippen LogP contribution in [0.1, 0.15) is 21.5 Å². The van der Waals surface area contributed by atoms with Gasteiger partial charge in [0.1, 0.15) is 18.2 Å². The lowest BCUT2D eigenvalue weighted by atomic mass is 10.1. The summed E-state index contributed by atoms with van der Waals surface area (Å²) in [5.41, 5.74) is 1.61. The van der Waals surface area contributed by atoms with Crippen LogP contribution in [0.3, 0.4) is 0 Å². The van der Waals surface area contributed by atoms with Gasteiger partial charge in [0.25, 0.3) is 5.91 Å². The number of aliphatic imine (C=N–C) groups is 1. The molecule has 1 saturated heterocycles. The van der Waals surface area contributed by atoms with Gasteiger partial charge in [0.05, 0.1) is 16.2 Å². The van der Waals surface area contributed by atoms with Crippen LogP contribution in [0, 0.1) is 5.82 Å². The van der Waals surface area contributed by atoms with E-state index in [1.807, 2.05) is 6.07 Å². The molecule has 0 aromatic heterocycles. The molecule has 0 saturated carbocycles. The number of halogens is 2. The minimum atomic E-state index is -1.05. The van der Waals surface area contributed by atoms with E-state index in [4.69, 9.17) is 4.74 Å². The van der Waals surface area contributed by atoms with E-state index in [0.29, 0.717) is 32.6 Å². The zero-order chi connectivity index (χ0) is 24.2. The quantitative estimate of drug-likeness (QED) is 0.382. The van der Waals surface area contributed by atoms with Gasteiger partial charge < -0.3 is 9.84 Å². The van der Waals surface area contributed by atoms with E-state index >= 15 is 0 Å². The van der Waals surface area contributed by atoms with Crippen LogP contribution in [0.2, 0.25) is 0 Å². The number of amides is 1. The molecule has 1 N–H and O–H groups in total. The number of carbonyl (C=O) groups excluding carboxylic acids is 1. The number of benzene rings is 3. The van der Waals surface area contributed by atoms with Crippen LogP contribution in [0.15, 0.2) is 81.1 Å². The summed E-state index contributed by atoms with van der Waals surface area (Å²) in [4.78, 5) is 30.4. The number of carboxylic acids is 1. The lowest BCUT2D eigenvalue weighted by molar-refractivity contribution is -0.121. The fraction of sp³-hybridized carbons (Fsp3) is 0.0800. The number of amidine groups is 1. The van der Waals surface area contributed by atoms with E-state index in [-0.39, 0.29) is 23.9 Å². The van der Waals surface area contributed by atoms with Gasteiger partial charge >= 0.3 is 5.97 Å². The summed E-state index contributed by atoms with van der Waals surface area (Å²) in [6.07, 6.45) is 1.70. The SMILES string of the molecule is CN1C(=O)/C(=C/c2cc(Br)ccc2OCc2ccccc2F)SC1=Nc1cccc(C(=O)O)c1. The highest BCUT2D eigenvalue weighted by molar-refractivity contribution is 9.10. The fourth-order valence-corrected chi connectivity index (χ4v) is 4.50. The van der Waals surface area contributed by atoms with Crippen molar-refractivity contribution in [1.82, 2.24) is 4.90 Å². The van der Waals surface area contributed by atoms with Crippen LogP contribution in [-0.4, -0.2) is 34.1 Å². The molecule has 34 heavy (non-hydrogen) atoms. The van der Waals surface area contributed by atoms with Gasteiger partial charge in [0.15, 0.2) is 5.17 Å². The number of carbonyl (C=O) groups is 2. The van der Waals surface area contributed by atoms with Gasteiger partial charge in [0, 0.05) is 22.6 Å². The van der Waals surface area contributed by atoms with Crippen molar-refractivity contribution in [3.05, 3.63) is 98.6 Å². The van der Waals surface area contributed by atoms with Crippen molar-refractivity contribution in [1.29, 1.82) is 0 Å². The monoisotopic (exact) mass is 540 g/mol. The van der Waals surface area contributed by atoms with Crippen LogP contribution >= 0.6 is 27.7 Å². The van der Waals surface area contributed by atoms with Crippen LogP contribution < -0.4 is 4.74 Å². The Hall–Kier alpha value is -3.43. The lowest BCUT2D eigenvalue weighted by Gasteiger charge is -2.11. The van der Waals surface area contributed by atoms with Gasteiger partial charge in [-0.05, 0) is 60.3 Å². The molecule has 9 heteroatoms. The third-order valence-corrected chi connectivity index (χ3v) is 6.47. The molecule has 0 radical (unpaired) electrons. The second kappa shape index (κ2) is 10.2. The first-order valence-electron chi connectivity index (χ1n) is 10.1. The number of nitrogens with zero attached hydrogens (tertiary/aromatic N) is 2. The molecule has 1 aliphatic rings. The van der Waals surface area contributed by atoms with Crippen molar-refractivity contribution in [2.45, 2.75) is 6.61 Å². The van der Waals surface area contributed by atoms with E-state index in [9.17, 15) is 19.1 Å². The number of aromatic carboxylic acids is 1. The topological polar surface area (TPSA) is 79.2 Å². The molecule has 3 aromatic rings. The molecule has 6 nitrogen and oxygen atoms in total. The summed E-state index contributed by atoms with van der Waals surface area (Å²) < 4.78 is 20.6. The molecule has 4 rings (SSSR count). The molecule has 0 bridgehead atoms. The molecule has 1 heterocycles. The summed E-state index contributed by atoms with van der Waals surface area (Å²) in [6.45, 7) is 0.0398. The van der Waals surface area contributed by atoms with E-state index in [0.717, 1.165) is 4.47 Å². The summed E-state index contributed by atoms with van der Waals surface area (Å²) in [7, 11) is 1.60. The van der Waals surface area contributed by atoms with Crippen LogP contribution in [0.25, 0.3) is 6.08 Å². The maximum atomic E-state index is 14.0. The van der Waals surface area contributed by atoms with Gasteiger partial charge in [-0.2, -0.15) is 0 Å². The van der Waals surface area contributed by atoms with Crippen molar-refractivity contribution in [3.63, 3.8) is 0 Å². The summed E-state index contributed by atoms with van der Waals surface area (Å²) in [6, 6.07) is 17.9. The maximum Gasteiger partial charge on any atom is 0.335 e. The van der Waals surface area contributed by atoms with Crippen LogP contribution in [0.5, 0.6) is 5.75 Å². The second-order valence-corrected chi connectivity index (χ2v) is 9.21. The number of hydrogen-bond acceptors (Lipinski definition) is 5. The molecule has 3 aromatic carbocycles. The Labute approximate surface area is 207 Å². The molecule has 172 valence electrons. The molecule has 1 fully saturated rings. The minimum Gasteiger partial charge on any atom is -0.488 e. The molecule has 0 aliphatic carbocycles. The smallest absolute Gasteiger partial charge is 0.335 e. The van der Waals surface area contributed by atoms with E-state index < -0.39 is 5.97 Å². The predicted molar refractivity (Wildman–Crippen MR) is 134 cm³/mol. The first-order chi connectivity index (χ1) is 16.3. The number of hydrogen-bond donors (Lipinski definition) is 1. The second-order valence-electron chi connectivity index (χ2n) is 7.29. The average Bonchev–Trinajstić information content (AvgIpc) is 3.07. The Kier molecular flexibility index (Phi) is 7.14. The summed E-state index contributed by atoms with van der Waals surface area (Å²) >= 11 is 4.61.